The lowest BCUT2D eigenvalue weighted by molar-refractivity contribution is 0.0697. The minimum absolute atomic E-state index is 0.0254. The molecular weight excluding hydrogens is 320 g/mol. The van der Waals surface area contributed by atoms with Crippen molar-refractivity contribution in [1.82, 2.24) is 9.55 Å². The van der Waals surface area contributed by atoms with Crippen molar-refractivity contribution < 1.29 is 9.90 Å². The van der Waals surface area contributed by atoms with Gasteiger partial charge in [-0.1, -0.05) is 30.3 Å². The molecule has 1 aromatic heterocycles. The summed E-state index contributed by atoms with van der Waals surface area (Å²) in [5.41, 5.74) is 0.474. The van der Waals surface area contributed by atoms with Crippen LogP contribution in [0.3, 0.4) is 0 Å². The van der Waals surface area contributed by atoms with Crippen molar-refractivity contribution in [2.75, 3.05) is 0 Å². The molecule has 1 unspecified atom stereocenters. The first-order valence-electron chi connectivity index (χ1n) is 8.03. The summed E-state index contributed by atoms with van der Waals surface area (Å²) >= 11 is 0. The molecule has 0 spiro atoms. The van der Waals surface area contributed by atoms with E-state index >= 15 is 0 Å². The minimum Gasteiger partial charge on any atom is -0.478 e. The van der Waals surface area contributed by atoms with E-state index in [0.717, 1.165) is 12.0 Å². The van der Waals surface area contributed by atoms with Gasteiger partial charge in [-0.15, -0.1) is 0 Å². The second-order valence-electron chi connectivity index (χ2n) is 6.04. The van der Waals surface area contributed by atoms with E-state index in [9.17, 15) is 14.4 Å². The van der Waals surface area contributed by atoms with Crippen LogP contribution in [0, 0.1) is 0 Å². The molecule has 128 valence electrons. The summed E-state index contributed by atoms with van der Waals surface area (Å²) in [6.07, 6.45) is 1.40. The van der Waals surface area contributed by atoms with Crippen LogP contribution in [0.4, 0.5) is 0 Å². The van der Waals surface area contributed by atoms with E-state index in [2.05, 4.69) is 4.98 Å². The summed E-state index contributed by atoms with van der Waals surface area (Å²) < 4.78 is 1.20. The van der Waals surface area contributed by atoms with Gasteiger partial charge >= 0.3 is 11.7 Å². The molecule has 0 fully saturated rings. The van der Waals surface area contributed by atoms with Crippen LogP contribution in [0.15, 0.2) is 58.1 Å². The fourth-order valence-corrected chi connectivity index (χ4v) is 2.91. The molecule has 0 aliphatic rings. The number of fused-ring (bicyclic) bond motifs is 1. The molecule has 6 nitrogen and oxygen atoms in total. The maximum atomic E-state index is 12.7. The van der Waals surface area contributed by atoms with Gasteiger partial charge in [0.1, 0.15) is 0 Å². The molecule has 0 saturated carbocycles. The largest absolute Gasteiger partial charge is 0.478 e. The number of hydrogen-bond acceptors (Lipinski definition) is 3. The number of hydrogen-bond donors (Lipinski definition) is 2. The van der Waals surface area contributed by atoms with Crippen LogP contribution in [-0.2, 0) is 6.42 Å². The van der Waals surface area contributed by atoms with Gasteiger partial charge < -0.3 is 10.1 Å². The summed E-state index contributed by atoms with van der Waals surface area (Å²) in [6.45, 7) is 1.83. The Bertz CT molecular complexity index is 1030. The molecule has 0 amide bonds. The van der Waals surface area contributed by atoms with Crippen LogP contribution < -0.4 is 11.2 Å². The summed E-state index contributed by atoms with van der Waals surface area (Å²) in [4.78, 5) is 38.7. The first-order valence-corrected chi connectivity index (χ1v) is 8.03. The first-order chi connectivity index (χ1) is 12.0. The van der Waals surface area contributed by atoms with Gasteiger partial charge in [-0.05, 0) is 43.5 Å². The highest BCUT2D eigenvalue weighted by molar-refractivity contribution is 5.92. The van der Waals surface area contributed by atoms with Gasteiger partial charge in [-0.3, -0.25) is 9.36 Å². The van der Waals surface area contributed by atoms with Crippen LogP contribution >= 0.6 is 0 Å². The number of benzene rings is 2. The van der Waals surface area contributed by atoms with Crippen LogP contribution in [0.2, 0.25) is 0 Å². The SMILES string of the molecule is CC(CCc1ccccc1)n1c(=O)[nH]c2cc(C(=O)O)ccc2c1=O. The first kappa shape index (κ1) is 16.7. The lowest BCUT2D eigenvalue weighted by Crippen LogP contribution is -2.37. The van der Waals surface area contributed by atoms with E-state index in [1.807, 2.05) is 37.3 Å². The number of aromatic amines is 1. The zero-order chi connectivity index (χ0) is 18.0. The Hall–Kier alpha value is -3.15. The number of H-pyrrole nitrogens is 1. The molecule has 25 heavy (non-hydrogen) atoms. The highest BCUT2D eigenvalue weighted by Crippen LogP contribution is 2.14. The Labute approximate surface area is 143 Å². The standard InChI is InChI=1S/C19H18N2O4/c1-12(7-8-13-5-3-2-4-6-13)21-17(22)15-10-9-14(18(23)24)11-16(15)20-19(21)25/h2-6,9-12H,7-8H2,1H3,(H,20,25)(H,23,24). The van der Waals surface area contributed by atoms with Crippen molar-refractivity contribution in [3.8, 4) is 0 Å². The lowest BCUT2D eigenvalue weighted by atomic mass is 10.1. The molecule has 0 bridgehead atoms. The smallest absolute Gasteiger partial charge is 0.335 e. The Balaban J connectivity index is 1.96. The normalized spacial score (nSPS) is 12.2. The van der Waals surface area contributed by atoms with Gasteiger partial charge in [-0.25, -0.2) is 9.59 Å². The predicted octanol–water partition coefficient (Wildman–Crippen LogP) is 2.58. The molecule has 0 aliphatic heterocycles. The average Bonchev–Trinajstić information content (AvgIpc) is 2.60. The van der Waals surface area contributed by atoms with Crippen molar-refractivity contribution in [3.05, 3.63) is 80.5 Å². The van der Waals surface area contributed by atoms with E-state index in [1.54, 1.807) is 0 Å². The number of carboxylic acids is 1. The summed E-state index contributed by atoms with van der Waals surface area (Å²) in [6, 6.07) is 13.7. The molecule has 0 radical (unpaired) electrons. The number of rotatable bonds is 5. The maximum absolute atomic E-state index is 12.7. The molecule has 1 atom stereocenters. The number of aromatic nitrogens is 2. The van der Waals surface area contributed by atoms with E-state index < -0.39 is 17.2 Å². The van der Waals surface area contributed by atoms with Gasteiger partial charge in [0.15, 0.2) is 0 Å². The van der Waals surface area contributed by atoms with Crippen molar-refractivity contribution in [3.63, 3.8) is 0 Å². The predicted molar refractivity (Wildman–Crippen MR) is 95.3 cm³/mol. The third-order valence-electron chi connectivity index (χ3n) is 4.31. The number of nitrogens with zero attached hydrogens (tertiary/aromatic N) is 1. The van der Waals surface area contributed by atoms with Gasteiger partial charge in [0.2, 0.25) is 0 Å². The van der Waals surface area contributed by atoms with E-state index in [-0.39, 0.29) is 17.1 Å². The fraction of sp³-hybridized carbons (Fsp3) is 0.211. The van der Waals surface area contributed by atoms with Gasteiger partial charge in [0.05, 0.1) is 16.5 Å². The fourth-order valence-electron chi connectivity index (χ4n) is 2.91. The second kappa shape index (κ2) is 6.76. The third kappa shape index (κ3) is 3.38. The topological polar surface area (TPSA) is 92.2 Å². The van der Waals surface area contributed by atoms with E-state index in [0.29, 0.717) is 11.8 Å². The number of nitrogens with one attached hydrogen (secondary N) is 1. The molecule has 3 rings (SSSR count). The van der Waals surface area contributed by atoms with Crippen molar-refractivity contribution >= 4 is 16.9 Å². The van der Waals surface area contributed by atoms with Crippen LogP contribution in [0.1, 0.15) is 35.3 Å². The Morgan fingerprint density at radius 3 is 2.56 bits per heavy atom. The van der Waals surface area contributed by atoms with Gasteiger partial charge in [0.25, 0.3) is 5.56 Å². The van der Waals surface area contributed by atoms with Gasteiger partial charge in [0, 0.05) is 6.04 Å². The van der Waals surface area contributed by atoms with E-state index in [1.165, 1.54) is 22.8 Å². The molecule has 0 aliphatic carbocycles. The summed E-state index contributed by atoms with van der Waals surface area (Å²) in [7, 11) is 0. The minimum atomic E-state index is -1.11. The Morgan fingerprint density at radius 2 is 1.88 bits per heavy atom. The van der Waals surface area contributed by atoms with Crippen molar-refractivity contribution in [2.45, 2.75) is 25.8 Å². The summed E-state index contributed by atoms with van der Waals surface area (Å²) in [5.74, 6) is -1.11. The Morgan fingerprint density at radius 1 is 1.16 bits per heavy atom. The molecule has 1 heterocycles. The Kier molecular flexibility index (Phi) is 4.52. The monoisotopic (exact) mass is 338 g/mol. The number of carbonyl (C=O) groups is 1. The zero-order valence-electron chi connectivity index (χ0n) is 13.7. The molecular formula is C19H18N2O4. The molecule has 0 saturated heterocycles. The number of aromatic carboxylic acids is 1. The van der Waals surface area contributed by atoms with Crippen molar-refractivity contribution in [1.29, 1.82) is 0 Å². The van der Waals surface area contributed by atoms with Gasteiger partial charge in [-0.2, -0.15) is 0 Å². The van der Waals surface area contributed by atoms with Crippen molar-refractivity contribution in [2.24, 2.45) is 0 Å². The van der Waals surface area contributed by atoms with Crippen LogP contribution in [0.25, 0.3) is 10.9 Å². The highest BCUT2D eigenvalue weighted by Gasteiger charge is 2.15. The third-order valence-corrected chi connectivity index (χ3v) is 4.31. The summed E-state index contributed by atoms with van der Waals surface area (Å²) in [5, 5.41) is 9.33. The van der Waals surface area contributed by atoms with E-state index in [4.69, 9.17) is 5.11 Å². The highest BCUT2D eigenvalue weighted by atomic mass is 16.4. The quantitative estimate of drug-likeness (QED) is 0.748. The van der Waals surface area contributed by atoms with Crippen LogP contribution in [-0.4, -0.2) is 20.6 Å². The maximum Gasteiger partial charge on any atom is 0.335 e. The average molecular weight is 338 g/mol. The van der Waals surface area contributed by atoms with Crippen LogP contribution in [0.5, 0.6) is 0 Å². The molecule has 6 heteroatoms. The second-order valence-corrected chi connectivity index (χ2v) is 6.04. The zero-order valence-corrected chi connectivity index (χ0v) is 13.7. The molecule has 2 aromatic carbocycles. The molecule has 3 aromatic rings. The number of carboxylic acid groups (broad SMARTS) is 1. The lowest BCUT2D eigenvalue weighted by Gasteiger charge is -2.15. The molecule has 2 N–H and O–H groups in total. The number of aryl methyl sites for hydroxylation is 1.